The largest absolute Gasteiger partial charge is 0.472 e. The minimum atomic E-state index is 0.381. The van der Waals surface area contributed by atoms with Crippen molar-refractivity contribution in [2.24, 2.45) is 0 Å². The average Bonchev–Trinajstić information content (AvgIpc) is 3.40. The lowest BCUT2D eigenvalue weighted by Gasteiger charge is -2.14. The third-order valence-corrected chi connectivity index (χ3v) is 6.60. The summed E-state index contributed by atoms with van der Waals surface area (Å²) < 4.78 is 18.1. The fourth-order valence-electron chi connectivity index (χ4n) is 4.02. The minimum Gasteiger partial charge on any atom is -0.472 e. The molecule has 5 rings (SSSR count). The molecule has 2 heterocycles. The van der Waals surface area contributed by atoms with E-state index in [2.05, 4.69) is 18.0 Å². The Morgan fingerprint density at radius 1 is 0.789 bits per heavy atom. The minimum absolute atomic E-state index is 0.381. The SMILES string of the molecule is CCc1cc(/C=C/c2nc3c(Cl)ccc(Cl)c3o2)c(OCc2ccccc2)nc1COCc1ccccc1. The molecule has 0 saturated carbocycles. The number of hydrogen-bond acceptors (Lipinski definition) is 5. The molecule has 0 spiro atoms. The summed E-state index contributed by atoms with van der Waals surface area (Å²) in [4.78, 5) is 9.37. The lowest BCUT2D eigenvalue weighted by atomic mass is 10.1. The molecule has 7 heteroatoms. The quantitative estimate of drug-likeness (QED) is 0.176. The maximum absolute atomic E-state index is 6.27. The normalized spacial score (nSPS) is 11.4. The van der Waals surface area contributed by atoms with Crippen molar-refractivity contribution in [2.45, 2.75) is 33.2 Å². The highest BCUT2D eigenvalue weighted by Crippen LogP contribution is 2.31. The fraction of sp³-hybridized carbons (Fsp3) is 0.161. The summed E-state index contributed by atoms with van der Waals surface area (Å²) in [5.41, 5.74) is 5.88. The topological polar surface area (TPSA) is 57.4 Å². The Labute approximate surface area is 231 Å². The van der Waals surface area contributed by atoms with Crippen molar-refractivity contribution in [1.29, 1.82) is 0 Å². The number of rotatable bonds is 10. The van der Waals surface area contributed by atoms with Crippen LogP contribution in [0.1, 0.15) is 40.8 Å². The molecule has 0 aliphatic carbocycles. The van der Waals surface area contributed by atoms with Gasteiger partial charge in [0.25, 0.3) is 0 Å². The van der Waals surface area contributed by atoms with Crippen LogP contribution in [0.3, 0.4) is 0 Å². The highest BCUT2D eigenvalue weighted by atomic mass is 35.5. The summed E-state index contributed by atoms with van der Waals surface area (Å²) in [6.07, 6.45) is 4.45. The number of nitrogens with zero attached hydrogens (tertiary/aromatic N) is 2. The highest BCUT2D eigenvalue weighted by Gasteiger charge is 2.14. The first-order valence-electron chi connectivity index (χ1n) is 12.3. The van der Waals surface area contributed by atoms with Crippen LogP contribution in [-0.2, 0) is 31.0 Å². The van der Waals surface area contributed by atoms with E-state index in [-0.39, 0.29) is 0 Å². The van der Waals surface area contributed by atoms with Crippen molar-refractivity contribution in [1.82, 2.24) is 9.97 Å². The van der Waals surface area contributed by atoms with E-state index in [1.54, 1.807) is 18.2 Å². The van der Waals surface area contributed by atoms with Gasteiger partial charge in [0.2, 0.25) is 11.8 Å². The average molecular weight is 545 g/mol. The number of aromatic nitrogens is 2. The van der Waals surface area contributed by atoms with Gasteiger partial charge in [0.1, 0.15) is 12.1 Å². The van der Waals surface area contributed by atoms with Crippen molar-refractivity contribution in [3.63, 3.8) is 0 Å². The van der Waals surface area contributed by atoms with Crippen molar-refractivity contribution in [2.75, 3.05) is 0 Å². The molecule has 0 fully saturated rings. The van der Waals surface area contributed by atoms with Crippen LogP contribution < -0.4 is 4.74 Å². The van der Waals surface area contributed by atoms with E-state index >= 15 is 0 Å². The number of pyridine rings is 1. The van der Waals surface area contributed by atoms with Gasteiger partial charge in [-0.3, -0.25) is 0 Å². The smallest absolute Gasteiger partial charge is 0.221 e. The Hall–Kier alpha value is -3.64. The molecular weight excluding hydrogens is 519 g/mol. The third-order valence-electron chi connectivity index (χ3n) is 6.00. The molecule has 0 aliphatic rings. The second kappa shape index (κ2) is 12.3. The van der Waals surface area contributed by atoms with Crippen LogP contribution in [0.2, 0.25) is 10.0 Å². The molecule has 0 radical (unpaired) electrons. The van der Waals surface area contributed by atoms with Crippen LogP contribution in [0.15, 0.2) is 83.3 Å². The van der Waals surface area contributed by atoms with E-state index in [0.717, 1.165) is 34.4 Å². The monoisotopic (exact) mass is 544 g/mol. The van der Waals surface area contributed by atoms with E-state index in [0.29, 0.717) is 52.7 Å². The standard InChI is InChI=1S/C31H26Cl2N2O3/c1-2-23-17-24(13-16-28-35-29-25(32)14-15-26(33)30(29)38-28)31(37-19-22-11-7-4-8-12-22)34-27(23)20-36-18-21-9-5-3-6-10-21/h3-17H,2,18-20H2,1H3/b16-13+. The third kappa shape index (κ3) is 6.25. The summed E-state index contributed by atoms with van der Waals surface area (Å²) in [6, 6.07) is 25.5. The Morgan fingerprint density at radius 2 is 1.47 bits per heavy atom. The van der Waals surface area contributed by atoms with E-state index in [1.165, 1.54) is 0 Å². The molecule has 0 unspecified atom stereocenters. The molecular formula is C31H26Cl2N2O3. The fourth-order valence-corrected chi connectivity index (χ4v) is 4.40. The molecule has 0 bridgehead atoms. The first kappa shape index (κ1) is 26.0. The second-order valence-corrected chi connectivity index (χ2v) is 9.50. The van der Waals surface area contributed by atoms with Crippen molar-refractivity contribution >= 4 is 46.5 Å². The zero-order chi connectivity index (χ0) is 26.3. The molecule has 192 valence electrons. The van der Waals surface area contributed by atoms with Crippen LogP contribution in [0.4, 0.5) is 0 Å². The Bertz CT molecular complexity index is 1510. The zero-order valence-electron chi connectivity index (χ0n) is 20.9. The van der Waals surface area contributed by atoms with E-state index < -0.39 is 0 Å². The van der Waals surface area contributed by atoms with Gasteiger partial charge in [0.05, 0.1) is 29.0 Å². The van der Waals surface area contributed by atoms with Gasteiger partial charge in [-0.15, -0.1) is 0 Å². The lowest BCUT2D eigenvalue weighted by Crippen LogP contribution is -2.06. The molecule has 0 atom stereocenters. The molecule has 3 aromatic carbocycles. The van der Waals surface area contributed by atoms with Crippen LogP contribution >= 0.6 is 23.2 Å². The first-order valence-corrected chi connectivity index (χ1v) is 13.1. The number of aryl methyl sites for hydroxylation is 1. The van der Waals surface area contributed by atoms with Gasteiger partial charge in [-0.2, -0.15) is 0 Å². The van der Waals surface area contributed by atoms with Crippen LogP contribution in [-0.4, -0.2) is 9.97 Å². The molecule has 0 aliphatic heterocycles. The van der Waals surface area contributed by atoms with Crippen LogP contribution in [0, 0.1) is 0 Å². The van der Waals surface area contributed by atoms with Crippen molar-refractivity contribution < 1.29 is 13.9 Å². The molecule has 0 saturated heterocycles. The molecule has 5 nitrogen and oxygen atoms in total. The van der Waals surface area contributed by atoms with Gasteiger partial charge in [0.15, 0.2) is 5.58 Å². The highest BCUT2D eigenvalue weighted by molar-refractivity contribution is 6.39. The summed E-state index contributed by atoms with van der Waals surface area (Å²) in [5, 5.41) is 0.938. The number of halogens is 2. The second-order valence-electron chi connectivity index (χ2n) is 8.69. The predicted molar refractivity (Wildman–Crippen MR) is 152 cm³/mol. The summed E-state index contributed by atoms with van der Waals surface area (Å²) >= 11 is 12.5. The van der Waals surface area contributed by atoms with E-state index in [4.69, 9.17) is 42.1 Å². The Kier molecular flexibility index (Phi) is 8.39. The Balaban J connectivity index is 1.43. The zero-order valence-corrected chi connectivity index (χ0v) is 22.4. The van der Waals surface area contributed by atoms with Gasteiger partial charge in [-0.1, -0.05) is 90.8 Å². The van der Waals surface area contributed by atoms with Crippen molar-refractivity contribution in [3.05, 3.63) is 123 Å². The van der Waals surface area contributed by atoms with Gasteiger partial charge in [0, 0.05) is 11.6 Å². The predicted octanol–water partition coefficient (Wildman–Crippen LogP) is 8.56. The van der Waals surface area contributed by atoms with Crippen LogP contribution in [0.5, 0.6) is 5.88 Å². The lowest BCUT2D eigenvalue weighted by molar-refractivity contribution is 0.103. The number of fused-ring (bicyclic) bond motifs is 1. The van der Waals surface area contributed by atoms with E-state index in [1.807, 2.05) is 66.7 Å². The summed E-state index contributed by atoms with van der Waals surface area (Å²) in [6.45, 7) is 3.38. The van der Waals surface area contributed by atoms with Gasteiger partial charge >= 0.3 is 0 Å². The molecule has 5 aromatic rings. The maximum Gasteiger partial charge on any atom is 0.221 e. The van der Waals surface area contributed by atoms with Gasteiger partial charge in [-0.05, 0) is 47.4 Å². The Morgan fingerprint density at radius 3 is 2.16 bits per heavy atom. The van der Waals surface area contributed by atoms with Gasteiger partial charge in [-0.25, -0.2) is 9.97 Å². The molecule has 38 heavy (non-hydrogen) atoms. The summed E-state index contributed by atoms with van der Waals surface area (Å²) in [5.74, 6) is 0.894. The number of benzene rings is 3. The van der Waals surface area contributed by atoms with E-state index in [9.17, 15) is 0 Å². The number of hydrogen-bond donors (Lipinski definition) is 0. The number of ether oxygens (including phenoxy) is 2. The number of oxazole rings is 1. The molecule has 0 amide bonds. The molecule has 2 aromatic heterocycles. The maximum atomic E-state index is 6.27. The summed E-state index contributed by atoms with van der Waals surface area (Å²) in [7, 11) is 0. The molecule has 0 N–H and O–H groups in total. The van der Waals surface area contributed by atoms with Gasteiger partial charge < -0.3 is 13.9 Å². The first-order chi connectivity index (χ1) is 18.6. The van der Waals surface area contributed by atoms with Crippen molar-refractivity contribution in [3.8, 4) is 5.88 Å². The van der Waals surface area contributed by atoms with Crippen LogP contribution in [0.25, 0.3) is 23.3 Å².